The highest BCUT2D eigenvalue weighted by Crippen LogP contribution is 2.45. The summed E-state index contributed by atoms with van der Waals surface area (Å²) in [7, 11) is 1.80. The Balaban J connectivity index is 1.13. The maximum atomic E-state index is 14.8. The number of piperidine rings is 1. The molecule has 4 aliphatic rings. The number of carbonyl (C=O) groups excluding carboxylic acids is 1. The standard InChI is InChI=1S/C44H53FN16O4/c1-44(2,64)24-52-36-7-4-26(17-50-36)54-42-48-11-8-33(56-42)32-19-51-41(59-13-10-25(45)20-59)31(16-46)38(32)39(40(47)63)60-22-37(61-28-5-6-29(61)15-30(62)14-28)65-23-35(60)34-9-12-49-43(57-34)55-27-18-53-58(3)21-27/h4,7-9,11-12,17-19,21,25,28-30,35,37,39,62,64H,5-6,10,13-15,20,22-24H2,1-3H3,(H2,47,63)(H,50,52)(H,48,54,56)(H,49,55,57)/t25-,28?,29?,30?,35?,37?,39?/m0/s1. The maximum Gasteiger partial charge on any atom is 0.239 e. The van der Waals surface area contributed by atoms with Gasteiger partial charge in [0.1, 0.15) is 41.7 Å². The van der Waals surface area contributed by atoms with E-state index in [1.54, 1.807) is 91.9 Å². The molecule has 5 aromatic rings. The summed E-state index contributed by atoms with van der Waals surface area (Å²) in [6.07, 6.45) is 11.1. The van der Waals surface area contributed by atoms with Crippen LogP contribution >= 0.6 is 0 Å². The first-order valence-corrected chi connectivity index (χ1v) is 21.9. The van der Waals surface area contributed by atoms with E-state index in [-0.39, 0.29) is 61.1 Å². The fourth-order valence-corrected chi connectivity index (χ4v) is 9.58. The zero-order valence-corrected chi connectivity index (χ0v) is 36.4. The van der Waals surface area contributed by atoms with E-state index in [0.29, 0.717) is 66.0 Å². The van der Waals surface area contributed by atoms with Crippen molar-refractivity contribution in [3.63, 3.8) is 0 Å². The second-order valence-electron chi connectivity index (χ2n) is 17.8. The lowest BCUT2D eigenvalue weighted by Crippen LogP contribution is -2.59. The topological polar surface area (TPSA) is 258 Å². The number of hydrogen-bond donors (Lipinski definition) is 6. The number of primary amides is 1. The third-order valence-electron chi connectivity index (χ3n) is 12.5. The number of nitrogens with one attached hydrogen (secondary N) is 3. The van der Waals surface area contributed by atoms with Crippen LogP contribution in [-0.2, 0) is 16.6 Å². The Labute approximate surface area is 375 Å². The van der Waals surface area contributed by atoms with Crippen molar-refractivity contribution in [2.45, 2.75) is 94.2 Å². The third kappa shape index (κ3) is 9.53. The van der Waals surface area contributed by atoms with Gasteiger partial charge in [-0.25, -0.2) is 34.3 Å². The Bertz CT molecular complexity index is 2540. The van der Waals surface area contributed by atoms with Gasteiger partial charge in [0.15, 0.2) is 0 Å². The van der Waals surface area contributed by atoms with Crippen LogP contribution in [0.25, 0.3) is 11.3 Å². The smallest absolute Gasteiger partial charge is 0.239 e. The molecule has 9 heterocycles. The van der Waals surface area contributed by atoms with Crippen molar-refractivity contribution in [3.8, 4) is 17.3 Å². The number of morpholine rings is 1. The molecular weight excluding hydrogens is 836 g/mol. The zero-order chi connectivity index (χ0) is 45.4. The van der Waals surface area contributed by atoms with Crippen molar-refractivity contribution in [1.29, 1.82) is 5.26 Å². The Hall–Kier alpha value is -6.44. The van der Waals surface area contributed by atoms with E-state index in [1.807, 2.05) is 4.90 Å². The first kappa shape index (κ1) is 43.8. The Kier molecular flexibility index (Phi) is 12.3. The Morgan fingerprint density at radius 1 is 1.00 bits per heavy atom. The van der Waals surface area contributed by atoms with Gasteiger partial charge in [0.25, 0.3) is 0 Å². The number of aryl methyl sites for hydroxylation is 1. The van der Waals surface area contributed by atoms with E-state index in [1.165, 1.54) is 0 Å². The number of aliphatic hydroxyl groups is 2. The van der Waals surface area contributed by atoms with Gasteiger partial charge >= 0.3 is 0 Å². The summed E-state index contributed by atoms with van der Waals surface area (Å²) < 4.78 is 23.2. The van der Waals surface area contributed by atoms with Gasteiger partial charge < -0.3 is 41.5 Å². The number of rotatable bonds is 14. The molecule has 2 bridgehead atoms. The number of halogens is 1. The number of nitriles is 1. The summed E-state index contributed by atoms with van der Waals surface area (Å²) in [5, 5.41) is 45.7. The molecular formula is C44H53FN16O4. The molecule has 0 aliphatic carbocycles. The van der Waals surface area contributed by atoms with Crippen molar-refractivity contribution in [3.05, 3.63) is 78.3 Å². The van der Waals surface area contributed by atoms with Gasteiger partial charge in [0.2, 0.25) is 17.8 Å². The first-order valence-electron chi connectivity index (χ1n) is 21.9. The maximum absolute atomic E-state index is 14.8. The number of aliphatic hydroxyl groups excluding tert-OH is 1. The summed E-state index contributed by atoms with van der Waals surface area (Å²) in [4.78, 5) is 48.4. The van der Waals surface area contributed by atoms with Crippen LogP contribution in [-0.4, -0.2) is 135 Å². The van der Waals surface area contributed by atoms with Gasteiger partial charge in [0.05, 0.1) is 66.1 Å². The highest BCUT2D eigenvalue weighted by Gasteiger charge is 2.49. The second-order valence-corrected chi connectivity index (χ2v) is 17.8. The fourth-order valence-electron chi connectivity index (χ4n) is 9.58. The minimum Gasteiger partial charge on any atom is -0.393 e. The molecule has 65 heavy (non-hydrogen) atoms. The van der Waals surface area contributed by atoms with E-state index in [0.717, 1.165) is 12.8 Å². The van der Waals surface area contributed by atoms with Gasteiger partial charge in [-0.15, -0.1) is 0 Å². The van der Waals surface area contributed by atoms with Gasteiger partial charge in [-0.1, -0.05) is 0 Å². The number of aromatic nitrogens is 8. The normalized spacial score (nSPS) is 24.1. The summed E-state index contributed by atoms with van der Waals surface area (Å²) in [6, 6.07) is 7.53. The molecule has 1 amide bonds. The van der Waals surface area contributed by atoms with Gasteiger partial charge in [-0.2, -0.15) is 10.4 Å². The summed E-state index contributed by atoms with van der Waals surface area (Å²) in [5.41, 5.74) is 8.45. The lowest BCUT2D eigenvalue weighted by Gasteiger charge is -2.49. The van der Waals surface area contributed by atoms with E-state index in [2.05, 4.69) is 47.0 Å². The molecule has 340 valence electrons. The number of pyridine rings is 2. The van der Waals surface area contributed by atoms with Crippen LogP contribution in [0.5, 0.6) is 0 Å². The van der Waals surface area contributed by atoms with Crippen molar-refractivity contribution < 1.29 is 24.1 Å². The molecule has 0 spiro atoms. The minimum absolute atomic E-state index is 0.0306. The summed E-state index contributed by atoms with van der Waals surface area (Å²) in [5.74, 6) is 0.564. The monoisotopic (exact) mass is 888 g/mol. The SMILES string of the molecule is Cn1cc(Nc2nccc(C3COC(N4C5CCC4CC(O)C5)CN3C(C(N)=O)c3c(-c4ccnc(Nc5ccc(NCC(C)(C)O)nc5)n4)cnc(N4CC[C@H](F)C4)c3C#N)n2)cn1. The number of amides is 1. The quantitative estimate of drug-likeness (QED) is 0.0933. The highest BCUT2D eigenvalue weighted by atomic mass is 19.1. The van der Waals surface area contributed by atoms with Crippen LogP contribution in [0.4, 0.5) is 39.3 Å². The molecule has 0 aromatic carbocycles. The molecule has 21 heteroatoms. The Morgan fingerprint density at radius 2 is 1.75 bits per heavy atom. The predicted octanol–water partition coefficient (Wildman–Crippen LogP) is 3.46. The largest absolute Gasteiger partial charge is 0.393 e. The molecule has 9 rings (SSSR count). The van der Waals surface area contributed by atoms with Crippen molar-refractivity contribution in [1.82, 2.24) is 49.5 Å². The molecule has 0 radical (unpaired) electrons. The van der Waals surface area contributed by atoms with Crippen LogP contribution in [0.15, 0.2) is 61.4 Å². The number of fused-ring (bicyclic) bond motifs is 2. The molecule has 7 N–H and O–H groups in total. The second kappa shape index (κ2) is 18.2. The number of nitrogens with zero attached hydrogens (tertiary/aromatic N) is 12. The van der Waals surface area contributed by atoms with Crippen LogP contribution in [0.2, 0.25) is 0 Å². The zero-order valence-electron chi connectivity index (χ0n) is 36.4. The molecule has 20 nitrogen and oxygen atoms in total. The number of carbonyl (C=O) groups is 1. The number of ether oxygens (including phenoxy) is 1. The van der Waals surface area contributed by atoms with Crippen molar-refractivity contribution in [2.75, 3.05) is 53.6 Å². The van der Waals surface area contributed by atoms with Crippen LogP contribution in [0.3, 0.4) is 0 Å². The molecule has 4 fully saturated rings. The average Bonchev–Trinajstić information content (AvgIpc) is 3.98. The Morgan fingerprint density at radius 3 is 2.42 bits per heavy atom. The van der Waals surface area contributed by atoms with E-state index in [9.17, 15) is 24.7 Å². The van der Waals surface area contributed by atoms with Crippen molar-refractivity contribution in [2.24, 2.45) is 12.8 Å². The lowest BCUT2D eigenvalue weighted by molar-refractivity contribution is -0.174. The lowest BCUT2D eigenvalue weighted by atomic mass is 9.91. The van der Waals surface area contributed by atoms with Gasteiger partial charge in [0, 0.05) is 74.7 Å². The fraction of sp³-hybridized carbons (Fsp3) is 0.477. The molecule has 4 aliphatic heterocycles. The predicted molar refractivity (Wildman–Crippen MR) is 238 cm³/mol. The van der Waals surface area contributed by atoms with Crippen LogP contribution in [0, 0.1) is 11.3 Å². The number of nitrogens with two attached hydrogens (primary N) is 1. The third-order valence-corrected chi connectivity index (χ3v) is 12.5. The first-order chi connectivity index (χ1) is 31.3. The van der Waals surface area contributed by atoms with Gasteiger partial charge in [-0.05, 0) is 70.2 Å². The van der Waals surface area contributed by atoms with Crippen molar-refractivity contribution >= 4 is 40.8 Å². The number of alkyl halides is 1. The highest BCUT2D eigenvalue weighted by molar-refractivity contribution is 5.87. The molecule has 6 atom stereocenters. The molecule has 5 unspecified atom stereocenters. The van der Waals surface area contributed by atoms with E-state index in [4.69, 9.17) is 25.4 Å². The average molecular weight is 889 g/mol. The molecule has 4 saturated heterocycles. The van der Waals surface area contributed by atoms with E-state index < -0.39 is 42.1 Å². The van der Waals surface area contributed by atoms with Crippen LogP contribution < -0.4 is 26.6 Å². The van der Waals surface area contributed by atoms with E-state index >= 15 is 0 Å². The van der Waals surface area contributed by atoms with Crippen LogP contribution in [0.1, 0.15) is 74.9 Å². The minimum atomic E-state index is -1.28. The molecule has 5 aromatic heterocycles. The van der Waals surface area contributed by atoms with Gasteiger partial charge in [-0.3, -0.25) is 19.3 Å². The summed E-state index contributed by atoms with van der Waals surface area (Å²) in [6.45, 7) is 4.33. The number of hydrogen-bond acceptors (Lipinski definition) is 18. The molecule has 0 saturated carbocycles. The summed E-state index contributed by atoms with van der Waals surface area (Å²) >= 11 is 0. The number of anilines is 6.